The van der Waals surface area contributed by atoms with Crippen molar-refractivity contribution in [1.29, 1.82) is 0 Å². The third kappa shape index (κ3) is 2.23. The Kier molecular flexibility index (Phi) is 3.28. The SMILES string of the molecule is CCc1[nH]ccc1-c1ccc(C(=O)NC)cc1. The molecule has 0 saturated carbocycles. The van der Waals surface area contributed by atoms with Crippen LogP contribution in [0.1, 0.15) is 23.0 Å². The number of carbonyl (C=O) groups excluding carboxylic acids is 1. The number of rotatable bonds is 3. The highest BCUT2D eigenvalue weighted by Crippen LogP contribution is 2.23. The summed E-state index contributed by atoms with van der Waals surface area (Å²) in [6, 6.07) is 9.72. The zero-order chi connectivity index (χ0) is 12.3. The Hall–Kier alpha value is -2.03. The second-order valence-corrected chi connectivity index (χ2v) is 3.88. The number of nitrogens with one attached hydrogen (secondary N) is 2. The average molecular weight is 228 g/mol. The van der Waals surface area contributed by atoms with E-state index in [0.717, 1.165) is 12.0 Å². The second-order valence-electron chi connectivity index (χ2n) is 3.88. The minimum absolute atomic E-state index is 0.0543. The van der Waals surface area contributed by atoms with Gasteiger partial charge < -0.3 is 10.3 Å². The number of aromatic nitrogens is 1. The zero-order valence-electron chi connectivity index (χ0n) is 10.1. The number of aryl methyl sites for hydroxylation is 1. The number of H-pyrrole nitrogens is 1. The molecule has 3 nitrogen and oxygen atoms in total. The van der Waals surface area contributed by atoms with E-state index in [4.69, 9.17) is 0 Å². The van der Waals surface area contributed by atoms with E-state index in [2.05, 4.69) is 23.3 Å². The first-order valence-corrected chi connectivity index (χ1v) is 5.75. The molecular weight excluding hydrogens is 212 g/mol. The molecule has 1 heterocycles. The van der Waals surface area contributed by atoms with Gasteiger partial charge in [0.2, 0.25) is 0 Å². The van der Waals surface area contributed by atoms with Gasteiger partial charge in [0, 0.05) is 30.1 Å². The van der Waals surface area contributed by atoms with Gasteiger partial charge in [0.1, 0.15) is 0 Å². The van der Waals surface area contributed by atoms with Crippen LogP contribution >= 0.6 is 0 Å². The van der Waals surface area contributed by atoms with E-state index >= 15 is 0 Å². The molecule has 1 aromatic carbocycles. The fraction of sp³-hybridized carbons (Fsp3) is 0.214. The maximum Gasteiger partial charge on any atom is 0.251 e. The molecule has 0 unspecified atom stereocenters. The molecule has 1 amide bonds. The van der Waals surface area contributed by atoms with Gasteiger partial charge >= 0.3 is 0 Å². The number of carbonyl (C=O) groups is 1. The molecular formula is C14H16N2O. The van der Waals surface area contributed by atoms with Crippen molar-refractivity contribution >= 4 is 5.91 Å². The molecule has 0 aliphatic rings. The van der Waals surface area contributed by atoms with Gasteiger partial charge in [-0.15, -0.1) is 0 Å². The molecule has 0 spiro atoms. The van der Waals surface area contributed by atoms with E-state index in [1.807, 2.05) is 30.5 Å². The van der Waals surface area contributed by atoms with Crippen LogP contribution in [0.25, 0.3) is 11.1 Å². The van der Waals surface area contributed by atoms with Gasteiger partial charge in [-0.05, 0) is 30.2 Å². The fourth-order valence-electron chi connectivity index (χ4n) is 1.91. The topological polar surface area (TPSA) is 44.9 Å². The summed E-state index contributed by atoms with van der Waals surface area (Å²) in [5, 5.41) is 2.61. The van der Waals surface area contributed by atoms with E-state index in [0.29, 0.717) is 5.56 Å². The van der Waals surface area contributed by atoms with Gasteiger partial charge in [0.25, 0.3) is 5.91 Å². The van der Waals surface area contributed by atoms with Crippen LogP contribution in [0, 0.1) is 0 Å². The third-order valence-corrected chi connectivity index (χ3v) is 2.87. The molecule has 1 aromatic heterocycles. The van der Waals surface area contributed by atoms with Crippen LogP contribution in [-0.4, -0.2) is 17.9 Å². The summed E-state index contributed by atoms with van der Waals surface area (Å²) in [6.07, 6.45) is 2.92. The molecule has 0 saturated heterocycles. The Morgan fingerprint density at radius 1 is 1.24 bits per heavy atom. The average Bonchev–Trinajstić information content (AvgIpc) is 2.86. The lowest BCUT2D eigenvalue weighted by Crippen LogP contribution is -2.17. The highest BCUT2D eigenvalue weighted by Gasteiger charge is 2.06. The standard InChI is InChI=1S/C14H16N2O/c1-3-13-12(8-9-16-13)10-4-6-11(7-5-10)14(17)15-2/h4-9,16H,3H2,1-2H3,(H,15,17). The highest BCUT2D eigenvalue weighted by atomic mass is 16.1. The fourth-order valence-corrected chi connectivity index (χ4v) is 1.91. The molecule has 2 aromatic rings. The third-order valence-electron chi connectivity index (χ3n) is 2.87. The molecule has 0 radical (unpaired) electrons. The van der Waals surface area contributed by atoms with E-state index in [1.54, 1.807) is 7.05 Å². The number of hydrogen-bond donors (Lipinski definition) is 2. The maximum absolute atomic E-state index is 11.4. The highest BCUT2D eigenvalue weighted by molar-refractivity contribution is 5.94. The molecule has 2 N–H and O–H groups in total. The molecule has 0 aliphatic carbocycles. The van der Waals surface area contributed by atoms with E-state index in [9.17, 15) is 4.79 Å². The van der Waals surface area contributed by atoms with Crippen LogP contribution < -0.4 is 5.32 Å². The van der Waals surface area contributed by atoms with Crippen LogP contribution in [-0.2, 0) is 6.42 Å². The van der Waals surface area contributed by atoms with Crippen molar-refractivity contribution in [3.63, 3.8) is 0 Å². The van der Waals surface area contributed by atoms with E-state index < -0.39 is 0 Å². The summed E-state index contributed by atoms with van der Waals surface area (Å²) in [6.45, 7) is 2.12. The monoisotopic (exact) mass is 228 g/mol. The van der Waals surface area contributed by atoms with Crippen molar-refractivity contribution in [2.45, 2.75) is 13.3 Å². The molecule has 3 heteroatoms. The smallest absolute Gasteiger partial charge is 0.251 e. The first-order chi connectivity index (χ1) is 8.26. The van der Waals surface area contributed by atoms with Gasteiger partial charge in [-0.1, -0.05) is 19.1 Å². The molecule has 0 bridgehead atoms. The number of amides is 1. The van der Waals surface area contributed by atoms with Crippen LogP contribution in [0.3, 0.4) is 0 Å². The van der Waals surface area contributed by atoms with Gasteiger partial charge in [0.05, 0.1) is 0 Å². The van der Waals surface area contributed by atoms with Gasteiger partial charge in [-0.25, -0.2) is 0 Å². The van der Waals surface area contributed by atoms with Crippen LogP contribution in [0.2, 0.25) is 0 Å². The minimum Gasteiger partial charge on any atom is -0.364 e. The largest absolute Gasteiger partial charge is 0.364 e. The maximum atomic E-state index is 11.4. The van der Waals surface area contributed by atoms with Crippen LogP contribution in [0.4, 0.5) is 0 Å². The van der Waals surface area contributed by atoms with Crippen molar-refractivity contribution in [1.82, 2.24) is 10.3 Å². The van der Waals surface area contributed by atoms with E-state index in [-0.39, 0.29) is 5.91 Å². The van der Waals surface area contributed by atoms with Crippen LogP contribution in [0.15, 0.2) is 36.5 Å². The Bertz CT molecular complexity index is 511. The predicted molar refractivity (Wildman–Crippen MR) is 69.0 cm³/mol. The lowest BCUT2D eigenvalue weighted by molar-refractivity contribution is 0.0963. The minimum atomic E-state index is -0.0543. The molecule has 17 heavy (non-hydrogen) atoms. The first-order valence-electron chi connectivity index (χ1n) is 5.75. The van der Waals surface area contributed by atoms with Crippen molar-refractivity contribution in [2.75, 3.05) is 7.05 Å². The van der Waals surface area contributed by atoms with Gasteiger partial charge in [0.15, 0.2) is 0 Å². The lowest BCUT2D eigenvalue weighted by atomic mass is 10.0. The van der Waals surface area contributed by atoms with Crippen molar-refractivity contribution in [2.24, 2.45) is 0 Å². The first kappa shape index (κ1) is 11.5. The summed E-state index contributed by atoms with van der Waals surface area (Å²) in [5.74, 6) is -0.0543. The van der Waals surface area contributed by atoms with Crippen LogP contribution in [0.5, 0.6) is 0 Å². The van der Waals surface area contributed by atoms with Gasteiger partial charge in [-0.3, -0.25) is 4.79 Å². The summed E-state index contributed by atoms with van der Waals surface area (Å²) < 4.78 is 0. The normalized spacial score (nSPS) is 10.2. The predicted octanol–water partition coefficient (Wildman–Crippen LogP) is 2.60. The Labute approximate surface area is 101 Å². The zero-order valence-corrected chi connectivity index (χ0v) is 10.1. The summed E-state index contributed by atoms with van der Waals surface area (Å²) in [7, 11) is 1.64. The number of benzene rings is 1. The second kappa shape index (κ2) is 4.87. The van der Waals surface area contributed by atoms with Crippen molar-refractivity contribution < 1.29 is 4.79 Å². The summed E-state index contributed by atoms with van der Waals surface area (Å²) in [5.41, 5.74) is 4.24. The Morgan fingerprint density at radius 2 is 1.94 bits per heavy atom. The molecule has 88 valence electrons. The van der Waals surface area contributed by atoms with E-state index in [1.165, 1.54) is 11.3 Å². The number of aromatic amines is 1. The Morgan fingerprint density at radius 3 is 2.53 bits per heavy atom. The lowest BCUT2D eigenvalue weighted by Gasteiger charge is -2.04. The van der Waals surface area contributed by atoms with Crippen molar-refractivity contribution in [3.8, 4) is 11.1 Å². The number of hydrogen-bond acceptors (Lipinski definition) is 1. The van der Waals surface area contributed by atoms with Gasteiger partial charge in [-0.2, -0.15) is 0 Å². The quantitative estimate of drug-likeness (QED) is 0.833. The molecule has 0 aliphatic heterocycles. The molecule has 0 atom stereocenters. The molecule has 2 rings (SSSR count). The van der Waals surface area contributed by atoms with Crippen molar-refractivity contribution in [3.05, 3.63) is 47.8 Å². The summed E-state index contributed by atoms with van der Waals surface area (Å²) >= 11 is 0. The molecule has 0 fully saturated rings. The Balaban J connectivity index is 2.32. The summed E-state index contributed by atoms with van der Waals surface area (Å²) in [4.78, 5) is 14.6.